The molecular weight excluding hydrogens is 320 g/mol. The molecule has 0 amide bonds. The molecule has 2 saturated carbocycles. The number of carbonyl (C=O) groups is 1. The van der Waals surface area contributed by atoms with Gasteiger partial charge in [0.15, 0.2) is 0 Å². The first kappa shape index (κ1) is 17.6. The molecule has 0 bridgehead atoms. The Balaban J connectivity index is 1.56. The van der Waals surface area contributed by atoms with E-state index in [-0.39, 0.29) is 0 Å². The number of carboxylic acids is 1. The third-order valence-electron chi connectivity index (χ3n) is 7.31. The first-order valence-corrected chi connectivity index (χ1v) is 10.3. The van der Waals surface area contributed by atoms with Crippen LogP contribution in [0.25, 0.3) is 10.8 Å². The zero-order chi connectivity index (χ0) is 18.3. The predicted molar refractivity (Wildman–Crippen MR) is 107 cm³/mol. The summed E-state index contributed by atoms with van der Waals surface area (Å²) in [5, 5.41) is 11.6. The summed E-state index contributed by atoms with van der Waals surface area (Å²) in [5.41, 5.74) is 2.75. The number of rotatable bonds is 3. The number of aryl methyl sites for hydroxylation is 1. The van der Waals surface area contributed by atoms with Crippen molar-refractivity contribution in [1.29, 1.82) is 0 Å². The topological polar surface area (TPSA) is 37.3 Å². The van der Waals surface area contributed by atoms with Gasteiger partial charge in [-0.15, -0.1) is 0 Å². The maximum Gasteiger partial charge on any atom is 0.335 e. The van der Waals surface area contributed by atoms with Crippen LogP contribution >= 0.6 is 0 Å². The van der Waals surface area contributed by atoms with Crippen molar-refractivity contribution in [2.45, 2.75) is 64.7 Å². The van der Waals surface area contributed by atoms with E-state index in [9.17, 15) is 9.90 Å². The van der Waals surface area contributed by atoms with Gasteiger partial charge >= 0.3 is 5.97 Å². The van der Waals surface area contributed by atoms with Crippen LogP contribution in [0.15, 0.2) is 30.3 Å². The molecule has 0 spiro atoms. The SMILES string of the molecule is CCC1CCC2CC(c3ccc4c(C)c(C(=O)O)ccc4c3)CCC2C1. The summed E-state index contributed by atoms with van der Waals surface area (Å²) in [6.45, 7) is 4.27. The summed E-state index contributed by atoms with van der Waals surface area (Å²) in [4.78, 5) is 11.4. The molecule has 2 nitrogen and oxygen atoms in total. The van der Waals surface area contributed by atoms with Crippen LogP contribution in [-0.4, -0.2) is 11.1 Å². The van der Waals surface area contributed by atoms with Gasteiger partial charge in [0.25, 0.3) is 0 Å². The Morgan fingerprint density at radius 2 is 1.81 bits per heavy atom. The maximum absolute atomic E-state index is 11.4. The Labute approximate surface area is 156 Å². The van der Waals surface area contributed by atoms with Crippen LogP contribution in [0.2, 0.25) is 0 Å². The monoisotopic (exact) mass is 350 g/mol. The Kier molecular flexibility index (Phi) is 4.77. The summed E-state index contributed by atoms with van der Waals surface area (Å²) in [6.07, 6.45) is 9.72. The lowest BCUT2D eigenvalue weighted by Crippen LogP contribution is -2.30. The molecule has 0 aromatic heterocycles. The molecule has 4 unspecified atom stereocenters. The second-order valence-electron chi connectivity index (χ2n) is 8.64. The molecule has 2 aromatic rings. The number of fused-ring (bicyclic) bond motifs is 2. The fourth-order valence-electron chi connectivity index (χ4n) is 5.65. The quantitative estimate of drug-likeness (QED) is 0.681. The number of benzene rings is 2. The van der Waals surface area contributed by atoms with Gasteiger partial charge in [-0.1, -0.05) is 44.0 Å². The van der Waals surface area contributed by atoms with Crippen LogP contribution < -0.4 is 0 Å². The molecule has 2 aliphatic rings. The second-order valence-corrected chi connectivity index (χ2v) is 8.64. The minimum Gasteiger partial charge on any atom is -0.478 e. The van der Waals surface area contributed by atoms with E-state index in [0.29, 0.717) is 11.5 Å². The number of hydrogen-bond acceptors (Lipinski definition) is 1. The van der Waals surface area contributed by atoms with Crippen LogP contribution in [0.3, 0.4) is 0 Å². The fraction of sp³-hybridized carbons (Fsp3) is 0.542. The van der Waals surface area contributed by atoms with E-state index in [2.05, 4.69) is 25.1 Å². The molecule has 4 rings (SSSR count). The van der Waals surface area contributed by atoms with Crippen molar-refractivity contribution < 1.29 is 9.90 Å². The van der Waals surface area contributed by atoms with Gasteiger partial charge in [0.2, 0.25) is 0 Å². The van der Waals surface area contributed by atoms with Crippen LogP contribution in [0.1, 0.15) is 79.3 Å². The highest BCUT2D eigenvalue weighted by Gasteiger charge is 2.35. The van der Waals surface area contributed by atoms with Crippen molar-refractivity contribution in [3.63, 3.8) is 0 Å². The third-order valence-corrected chi connectivity index (χ3v) is 7.31. The van der Waals surface area contributed by atoms with E-state index in [0.717, 1.165) is 28.7 Å². The lowest BCUT2D eigenvalue weighted by molar-refractivity contribution is 0.0696. The second kappa shape index (κ2) is 7.06. The molecule has 2 fully saturated rings. The zero-order valence-electron chi connectivity index (χ0n) is 16.0. The molecular formula is C24H30O2. The van der Waals surface area contributed by atoms with Crippen molar-refractivity contribution >= 4 is 16.7 Å². The molecule has 0 heterocycles. The van der Waals surface area contributed by atoms with E-state index in [1.54, 1.807) is 6.07 Å². The minimum absolute atomic E-state index is 0.415. The Morgan fingerprint density at radius 1 is 1.04 bits per heavy atom. The molecule has 0 radical (unpaired) electrons. The van der Waals surface area contributed by atoms with Gasteiger partial charge in [-0.3, -0.25) is 0 Å². The smallest absolute Gasteiger partial charge is 0.335 e. The van der Waals surface area contributed by atoms with Gasteiger partial charge < -0.3 is 5.11 Å². The number of carboxylic acid groups (broad SMARTS) is 1. The molecule has 0 saturated heterocycles. The Morgan fingerprint density at radius 3 is 2.58 bits per heavy atom. The van der Waals surface area contributed by atoms with Crippen molar-refractivity contribution in [1.82, 2.24) is 0 Å². The summed E-state index contributed by atoms with van der Waals surface area (Å²) < 4.78 is 0. The van der Waals surface area contributed by atoms with Gasteiger partial charge in [-0.25, -0.2) is 4.79 Å². The van der Waals surface area contributed by atoms with Gasteiger partial charge in [0.1, 0.15) is 0 Å². The molecule has 2 aromatic carbocycles. The molecule has 138 valence electrons. The van der Waals surface area contributed by atoms with Gasteiger partial charge in [0, 0.05) is 0 Å². The number of aromatic carboxylic acids is 1. The van der Waals surface area contributed by atoms with E-state index in [4.69, 9.17) is 0 Å². The van der Waals surface area contributed by atoms with Gasteiger partial charge in [0.05, 0.1) is 5.56 Å². The van der Waals surface area contributed by atoms with E-state index in [1.165, 1.54) is 55.9 Å². The average molecular weight is 351 g/mol. The highest BCUT2D eigenvalue weighted by molar-refractivity contribution is 5.97. The molecule has 2 aliphatic carbocycles. The minimum atomic E-state index is -0.838. The Bertz CT molecular complexity index is 822. The van der Waals surface area contributed by atoms with Crippen LogP contribution in [0.5, 0.6) is 0 Å². The van der Waals surface area contributed by atoms with Crippen LogP contribution in [0, 0.1) is 24.7 Å². The van der Waals surface area contributed by atoms with Gasteiger partial charge in [-0.05, 0) is 90.7 Å². The largest absolute Gasteiger partial charge is 0.478 e. The third kappa shape index (κ3) is 3.15. The highest BCUT2D eigenvalue weighted by atomic mass is 16.4. The predicted octanol–water partition coefficient (Wildman–Crippen LogP) is 6.56. The van der Waals surface area contributed by atoms with E-state index in [1.807, 2.05) is 13.0 Å². The molecule has 2 heteroatoms. The summed E-state index contributed by atoms with van der Waals surface area (Å²) in [5.74, 6) is 2.70. The highest BCUT2D eigenvalue weighted by Crippen LogP contribution is 2.48. The van der Waals surface area contributed by atoms with E-state index >= 15 is 0 Å². The van der Waals surface area contributed by atoms with E-state index < -0.39 is 5.97 Å². The molecule has 4 atom stereocenters. The number of hydrogen-bond donors (Lipinski definition) is 1. The first-order chi connectivity index (χ1) is 12.6. The lowest BCUT2D eigenvalue weighted by atomic mass is 9.63. The standard InChI is InChI=1S/C24H30O2/c1-3-16-4-5-18-13-19(7-6-17(18)12-16)20-8-10-22-15(2)23(24(25)26)11-9-21(22)14-20/h8-11,14,16-19H,3-7,12-13H2,1-2H3,(H,25,26). The molecule has 0 aliphatic heterocycles. The van der Waals surface area contributed by atoms with Crippen LogP contribution in [-0.2, 0) is 0 Å². The van der Waals surface area contributed by atoms with Gasteiger partial charge in [-0.2, -0.15) is 0 Å². The normalized spacial score (nSPS) is 28.7. The van der Waals surface area contributed by atoms with Crippen molar-refractivity contribution in [2.24, 2.45) is 17.8 Å². The molecule has 1 N–H and O–H groups in total. The summed E-state index contributed by atoms with van der Waals surface area (Å²) in [7, 11) is 0. The first-order valence-electron chi connectivity index (χ1n) is 10.3. The maximum atomic E-state index is 11.4. The summed E-state index contributed by atoms with van der Waals surface area (Å²) >= 11 is 0. The van der Waals surface area contributed by atoms with Crippen molar-refractivity contribution in [3.05, 3.63) is 47.0 Å². The van der Waals surface area contributed by atoms with Crippen LogP contribution in [0.4, 0.5) is 0 Å². The lowest BCUT2D eigenvalue weighted by Gasteiger charge is -2.42. The summed E-state index contributed by atoms with van der Waals surface area (Å²) in [6, 6.07) is 10.5. The zero-order valence-corrected chi connectivity index (χ0v) is 16.0. The Hall–Kier alpha value is -1.83. The van der Waals surface area contributed by atoms with Crippen molar-refractivity contribution in [2.75, 3.05) is 0 Å². The van der Waals surface area contributed by atoms with Crippen molar-refractivity contribution in [3.8, 4) is 0 Å². The molecule has 26 heavy (non-hydrogen) atoms. The fourth-order valence-corrected chi connectivity index (χ4v) is 5.65. The average Bonchev–Trinajstić information content (AvgIpc) is 2.66.